The molecule has 3 aliphatic carbocycles. The van der Waals surface area contributed by atoms with E-state index in [-0.39, 0.29) is 41.7 Å². The van der Waals surface area contributed by atoms with Crippen molar-refractivity contribution in [2.75, 3.05) is 39.6 Å². The first kappa shape index (κ1) is 29.6. The SMILES string of the molecule is CN(C)c1cc2c(c3c1C[C@H]1C[C@H]4[C@H](N(C)C)C(=O)C(C(N)=O)=C(O)[C@@]4(O)C(=O)C1=C3O)OC(=O)N(CC(C)(C)C)C2. The molecule has 0 spiro atoms. The highest BCUT2D eigenvalue weighted by atomic mass is 16.6. The minimum Gasteiger partial charge on any atom is -0.508 e. The van der Waals surface area contributed by atoms with Crippen molar-refractivity contribution in [2.45, 2.75) is 51.8 Å². The van der Waals surface area contributed by atoms with Crippen molar-refractivity contribution in [1.29, 1.82) is 0 Å². The van der Waals surface area contributed by atoms with Crippen molar-refractivity contribution in [1.82, 2.24) is 9.80 Å². The molecule has 1 aromatic rings. The van der Waals surface area contributed by atoms with Gasteiger partial charge in [-0.2, -0.15) is 0 Å². The van der Waals surface area contributed by atoms with Crippen molar-refractivity contribution in [3.63, 3.8) is 0 Å². The number of likely N-dealkylation sites (N-methyl/N-ethyl adjacent to an activating group) is 1. The Labute approximate surface area is 244 Å². The number of primary amides is 1. The Morgan fingerprint density at radius 3 is 2.36 bits per heavy atom. The monoisotopic (exact) mass is 582 g/mol. The predicted molar refractivity (Wildman–Crippen MR) is 153 cm³/mol. The summed E-state index contributed by atoms with van der Waals surface area (Å²) in [6, 6.07) is 0.782. The molecule has 1 aromatic carbocycles. The summed E-state index contributed by atoms with van der Waals surface area (Å²) in [6.07, 6.45) is -0.315. The Morgan fingerprint density at radius 1 is 1.17 bits per heavy atom. The maximum absolute atomic E-state index is 14.2. The number of hydrogen-bond acceptors (Lipinski definition) is 10. The first-order valence-electron chi connectivity index (χ1n) is 13.9. The number of ether oxygens (including phenoxy) is 1. The van der Waals surface area contributed by atoms with E-state index in [9.17, 15) is 34.5 Å². The normalized spacial score (nSPS) is 27.4. The molecule has 1 fully saturated rings. The van der Waals surface area contributed by atoms with Gasteiger partial charge in [0, 0.05) is 43.4 Å². The summed E-state index contributed by atoms with van der Waals surface area (Å²) in [5.41, 5.74) is 3.77. The van der Waals surface area contributed by atoms with E-state index < -0.39 is 64.1 Å². The third-order valence-corrected chi connectivity index (χ3v) is 8.71. The predicted octanol–water partition coefficient (Wildman–Crippen LogP) is 1.68. The van der Waals surface area contributed by atoms with Crippen molar-refractivity contribution >= 4 is 35.0 Å². The van der Waals surface area contributed by atoms with E-state index in [0.29, 0.717) is 17.7 Å². The Bertz CT molecular complexity index is 1500. The average Bonchev–Trinajstić information content (AvgIpc) is 2.85. The Hall–Kier alpha value is -3.90. The highest BCUT2D eigenvalue weighted by Crippen LogP contribution is 2.54. The number of nitrogens with two attached hydrogens (primary N) is 1. The Balaban J connectivity index is 1.72. The molecule has 42 heavy (non-hydrogen) atoms. The topological polar surface area (TPSA) is 174 Å². The molecule has 4 atom stereocenters. The van der Waals surface area contributed by atoms with Crippen LogP contribution in [0.2, 0.25) is 0 Å². The largest absolute Gasteiger partial charge is 0.508 e. The summed E-state index contributed by atoms with van der Waals surface area (Å²) in [5, 5.41) is 34.7. The maximum atomic E-state index is 14.2. The standard InChI is InChI=1S/C30H38N4O8/c1-29(2,3)12-34-11-14-10-17(32(4)5)15-8-13-9-16-21(33(6)7)23(36)20(27(31)39)26(38)30(16,41)25(37)18(13)22(35)19(15)24(14)42-28(34)40/h10,13,16,21,35,38,41H,8-9,11-12H2,1-7H3,(H2,31,39)/t13-,16-,21-,30-/m0/s1. The van der Waals surface area contributed by atoms with Crippen LogP contribution >= 0.6 is 0 Å². The second-order valence-corrected chi connectivity index (χ2v) is 13.4. The lowest BCUT2D eigenvalue weighted by molar-refractivity contribution is -0.153. The molecular weight excluding hydrogens is 544 g/mol. The minimum atomic E-state index is -2.68. The molecule has 4 aliphatic rings. The number of benzene rings is 1. The van der Waals surface area contributed by atoms with Gasteiger partial charge < -0.3 is 35.6 Å². The number of anilines is 1. The van der Waals surface area contributed by atoms with Gasteiger partial charge in [-0.25, -0.2) is 4.79 Å². The highest BCUT2D eigenvalue weighted by Gasteiger charge is 2.64. The van der Waals surface area contributed by atoms with Crippen LogP contribution in [0, 0.1) is 17.3 Å². The number of rotatable bonds is 4. The molecular formula is C30H38N4O8. The third kappa shape index (κ3) is 4.18. The van der Waals surface area contributed by atoms with Gasteiger partial charge in [0.05, 0.1) is 18.2 Å². The highest BCUT2D eigenvalue weighted by molar-refractivity contribution is 6.24. The number of carbonyl (C=O) groups is 4. The van der Waals surface area contributed by atoms with Gasteiger partial charge in [0.15, 0.2) is 11.4 Å². The first-order valence-corrected chi connectivity index (χ1v) is 13.9. The fourth-order valence-corrected chi connectivity index (χ4v) is 7.08. The zero-order valence-electron chi connectivity index (χ0n) is 24.9. The molecule has 0 saturated heterocycles. The van der Waals surface area contributed by atoms with Crippen LogP contribution in [0.15, 0.2) is 23.0 Å². The molecule has 226 valence electrons. The fraction of sp³-hybridized carbons (Fsp3) is 0.533. The second kappa shape index (κ2) is 9.56. The van der Waals surface area contributed by atoms with Gasteiger partial charge in [-0.05, 0) is 49.9 Å². The molecule has 1 aliphatic heterocycles. The number of amides is 2. The molecule has 12 nitrogen and oxygen atoms in total. The number of aliphatic hydroxyl groups is 3. The molecule has 0 radical (unpaired) electrons. The van der Waals surface area contributed by atoms with E-state index in [1.165, 1.54) is 4.90 Å². The van der Waals surface area contributed by atoms with Crippen molar-refractivity contribution in [2.24, 2.45) is 23.0 Å². The molecule has 2 amide bonds. The molecule has 5 N–H and O–H groups in total. The van der Waals surface area contributed by atoms with Crippen molar-refractivity contribution < 1.29 is 39.2 Å². The van der Waals surface area contributed by atoms with E-state index >= 15 is 0 Å². The van der Waals surface area contributed by atoms with E-state index in [4.69, 9.17) is 10.5 Å². The van der Waals surface area contributed by atoms with Gasteiger partial charge in [0.25, 0.3) is 5.91 Å². The number of aliphatic hydroxyl groups excluding tert-OH is 2. The second-order valence-electron chi connectivity index (χ2n) is 13.4. The number of Topliss-reactive ketones (excluding diaryl/α,β-unsaturated/α-hetero) is 2. The summed E-state index contributed by atoms with van der Waals surface area (Å²) in [5.74, 6) is -6.27. The molecule has 1 heterocycles. The van der Waals surface area contributed by atoms with Crippen LogP contribution in [0.3, 0.4) is 0 Å². The number of ketones is 2. The van der Waals surface area contributed by atoms with Gasteiger partial charge in [-0.1, -0.05) is 20.8 Å². The van der Waals surface area contributed by atoms with E-state index in [1.54, 1.807) is 19.0 Å². The van der Waals surface area contributed by atoms with E-state index in [0.717, 1.165) is 5.69 Å². The summed E-state index contributed by atoms with van der Waals surface area (Å²) < 4.78 is 5.80. The van der Waals surface area contributed by atoms with E-state index in [1.807, 2.05) is 45.8 Å². The summed E-state index contributed by atoms with van der Waals surface area (Å²) in [4.78, 5) is 57.7. The van der Waals surface area contributed by atoms with E-state index in [2.05, 4.69) is 0 Å². The number of nitrogens with zero attached hydrogens (tertiary/aromatic N) is 3. The lowest BCUT2D eigenvalue weighted by Gasteiger charge is -2.50. The zero-order valence-corrected chi connectivity index (χ0v) is 24.9. The molecule has 0 bridgehead atoms. The molecule has 0 unspecified atom stereocenters. The van der Waals surface area contributed by atoms with Crippen LogP contribution < -0.4 is 15.4 Å². The Kier molecular flexibility index (Phi) is 6.74. The van der Waals surface area contributed by atoms with Crippen LogP contribution in [0.1, 0.15) is 43.9 Å². The average molecular weight is 583 g/mol. The van der Waals surface area contributed by atoms with Crippen LogP contribution in [0.4, 0.5) is 10.5 Å². The van der Waals surface area contributed by atoms with Crippen LogP contribution in [0.5, 0.6) is 5.75 Å². The van der Waals surface area contributed by atoms with Gasteiger partial charge in [0.1, 0.15) is 22.8 Å². The summed E-state index contributed by atoms with van der Waals surface area (Å²) in [7, 11) is 6.84. The minimum absolute atomic E-state index is 0.0366. The molecule has 1 saturated carbocycles. The van der Waals surface area contributed by atoms with Crippen molar-refractivity contribution in [3.8, 4) is 5.75 Å². The number of carbonyl (C=O) groups excluding carboxylic acids is 4. The van der Waals surface area contributed by atoms with Gasteiger partial charge >= 0.3 is 6.09 Å². The lowest BCUT2D eigenvalue weighted by atomic mass is 9.57. The Morgan fingerprint density at radius 2 is 1.81 bits per heavy atom. The fourth-order valence-electron chi connectivity index (χ4n) is 7.08. The van der Waals surface area contributed by atoms with Gasteiger partial charge in [-0.15, -0.1) is 0 Å². The third-order valence-electron chi connectivity index (χ3n) is 8.71. The van der Waals surface area contributed by atoms with Crippen LogP contribution in [-0.2, 0) is 27.3 Å². The quantitative estimate of drug-likeness (QED) is 0.383. The van der Waals surface area contributed by atoms with Gasteiger partial charge in [-0.3, -0.25) is 19.3 Å². The summed E-state index contributed by atoms with van der Waals surface area (Å²) in [6.45, 7) is 6.67. The molecule has 0 aromatic heterocycles. The smallest absolute Gasteiger partial charge is 0.415 e. The lowest BCUT2D eigenvalue weighted by Crippen LogP contribution is -2.65. The number of hydrogen-bond donors (Lipinski definition) is 4. The van der Waals surface area contributed by atoms with Crippen molar-refractivity contribution in [3.05, 3.63) is 39.7 Å². The van der Waals surface area contributed by atoms with Gasteiger partial charge in [0.2, 0.25) is 5.78 Å². The van der Waals surface area contributed by atoms with Crippen LogP contribution in [-0.4, -0.2) is 95.1 Å². The molecule has 5 rings (SSSR count). The maximum Gasteiger partial charge on any atom is 0.415 e. The zero-order chi connectivity index (χ0) is 31.2. The number of fused-ring (bicyclic) bond motifs is 5. The summed E-state index contributed by atoms with van der Waals surface area (Å²) >= 11 is 0. The molecule has 12 heteroatoms. The first-order chi connectivity index (χ1) is 19.4. The van der Waals surface area contributed by atoms with Crippen LogP contribution in [0.25, 0.3) is 5.76 Å².